The molecule has 2 nitrogen and oxygen atoms in total. The van der Waals surface area contributed by atoms with Crippen LogP contribution in [0.4, 0.5) is 0 Å². The molecule has 0 aliphatic heterocycles. The Kier molecular flexibility index (Phi) is 4.82. The van der Waals surface area contributed by atoms with E-state index < -0.39 is 11.0 Å². The van der Waals surface area contributed by atoms with Crippen molar-refractivity contribution in [3.8, 4) is 6.07 Å². The van der Waals surface area contributed by atoms with E-state index >= 15 is 0 Å². The molecule has 4 heteroatoms. The van der Waals surface area contributed by atoms with E-state index in [1.807, 2.05) is 45.9 Å². The smallest absolute Gasteiger partial charge is 0.252 e. The molecule has 100 valence electrons. The van der Waals surface area contributed by atoms with E-state index in [9.17, 15) is 5.26 Å². The molecule has 0 spiro atoms. The number of benzene rings is 1. The van der Waals surface area contributed by atoms with Crippen LogP contribution < -0.4 is 0 Å². The summed E-state index contributed by atoms with van der Waals surface area (Å²) in [7, 11) is 0. The van der Waals surface area contributed by atoms with Gasteiger partial charge in [-0.1, -0.05) is 37.9 Å². The highest BCUT2D eigenvalue weighted by Gasteiger charge is 2.30. The summed E-state index contributed by atoms with van der Waals surface area (Å²) in [6, 6.07) is 8.28. The van der Waals surface area contributed by atoms with Crippen LogP contribution in [0.15, 0.2) is 18.2 Å². The van der Waals surface area contributed by atoms with Gasteiger partial charge in [-0.25, -0.2) is 6.57 Å². The average Bonchev–Trinajstić information content (AvgIpc) is 2.38. The summed E-state index contributed by atoms with van der Waals surface area (Å²) >= 11 is 6.97. The van der Waals surface area contributed by atoms with Gasteiger partial charge in [0, 0.05) is 19.4 Å². The van der Waals surface area contributed by atoms with Gasteiger partial charge in [0.15, 0.2) is 0 Å². The van der Waals surface area contributed by atoms with E-state index in [-0.39, 0.29) is 3.74 Å². The van der Waals surface area contributed by atoms with Crippen molar-refractivity contribution in [2.45, 2.75) is 42.4 Å². The van der Waals surface area contributed by atoms with E-state index in [0.717, 1.165) is 16.7 Å². The van der Waals surface area contributed by atoms with E-state index in [1.165, 1.54) is 0 Å². The Morgan fingerprint density at radius 1 is 1.16 bits per heavy atom. The molecule has 0 unspecified atom stereocenters. The van der Waals surface area contributed by atoms with E-state index in [0.29, 0.717) is 0 Å². The fraction of sp³-hybridized carbons (Fsp3) is 0.467. The van der Waals surface area contributed by atoms with Gasteiger partial charge in [-0.05, 0) is 37.1 Å². The molecule has 0 amide bonds. The Morgan fingerprint density at radius 2 is 1.68 bits per heavy atom. The van der Waals surface area contributed by atoms with Crippen molar-refractivity contribution in [1.82, 2.24) is 0 Å². The normalized spacial score (nSPS) is 12.1. The van der Waals surface area contributed by atoms with Gasteiger partial charge in [0.1, 0.15) is 0 Å². The predicted octanol–water partition coefficient (Wildman–Crippen LogP) is 5.43. The first-order chi connectivity index (χ1) is 8.64. The lowest BCUT2D eigenvalue weighted by molar-refractivity contribution is 0.646. The van der Waals surface area contributed by atoms with Gasteiger partial charge in [-0.2, -0.15) is 5.26 Å². The lowest BCUT2D eigenvalue weighted by Gasteiger charge is -2.21. The van der Waals surface area contributed by atoms with Crippen LogP contribution in [-0.2, 0) is 11.0 Å². The van der Waals surface area contributed by atoms with Crippen LogP contribution in [0, 0.1) is 17.9 Å². The maximum absolute atomic E-state index is 9.29. The number of nitrogens with zero attached hydrogens (tertiary/aromatic N) is 2. The van der Waals surface area contributed by atoms with Gasteiger partial charge >= 0.3 is 0 Å². The average molecular weight is 384 g/mol. The third-order valence-electron chi connectivity index (χ3n) is 3.19. The minimum Gasteiger partial charge on any atom is -0.306 e. The number of hydrogen-bond donors (Lipinski definition) is 0. The first kappa shape index (κ1) is 16.2. The summed E-state index contributed by atoms with van der Waals surface area (Å²) in [6.07, 6.45) is 0. The molecule has 0 saturated carbocycles. The molecular weight excluding hydrogens is 368 g/mol. The predicted molar refractivity (Wildman–Crippen MR) is 85.3 cm³/mol. The Balaban J connectivity index is 3.54. The second-order valence-corrected chi connectivity index (χ2v) is 8.61. The number of rotatable bonds is 3. The Morgan fingerprint density at radius 3 is 2.11 bits per heavy atom. The molecule has 0 aromatic heterocycles. The van der Waals surface area contributed by atoms with Crippen molar-refractivity contribution in [1.29, 1.82) is 5.26 Å². The minimum atomic E-state index is -0.592. The Labute approximate surface area is 131 Å². The van der Waals surface area contributed by atoms with E-state index in [2.05, 4.69) is 42.8 Å². The molecule has 0 aliphatic carbocycles. The molecule has 0 bridgehead atoms. The van der Waals surface area contributed by atoms with Crippen molar-refractivity contribution in [2.75, 3.05) is 0 Å². The number of hydrogen-bond acceptors (Lipinski definition) is 1. The first-order valence-corrected chi connectivity index (χ1v) is 7.71. The minimum absolute atomic E-state index is 0.00901. The fourth-order valence-corrected chi connectivity index (χ4v) is 2.15. The van der Waals surface area contributed by atoms with E-state index in [1.54, 1.807) is 0 Å². The second kappa shape index (κ2) is 5.65. The molecule has 0 aliphatic rings. The lowest BCUT2D eigenvalue weighted by atomic mass is 9.82. The van der Waals surface area contributed by atoms with Crippen molar-refractivity contribution in [2.24, 2.45) is 0 Å². The van der Waals surface area contributed by atoms with Crippen LogP contribution in [0.2, 0.25) is 0 Å². The summed E-state index contributed by atoms with van der Waals surface area (Å²) in [5, 5.41) is 9.29. The molecule has 0 fully saturated rings. The highest BCUT2D eigenvalue weighted by Crippen LogP contribution is 2.37. The zero-order valence-electron chi connectivity index (χ0n) is 11.5. The van der Waals surface area contributed by atoms with E-state index in [4.69, 9.17) is 6.57 Å². The largest absolute Gasteiger partial charge is 0.306 e. The molecular formula is C15H16Br2N2. The summed E-state index contributed by atoms with van der Waals surface area (Å²) < 4.78 is 0.00901. The second-order valence-electron chi connectivity index (χ2n) is 5.55. The molecule has 1 aromatic carbocycles. The fourth-order valence-electron chi connectivity index (χ4n) is 1.62. The van der Waals surface area contributed by atoms with Crippen LogP contribution in [0.1, 0.15) is 48.1 Å². The monoisotopic (exact) mass is 382 g/mol. The summed E-state index contributed by atoms with van der Waals surface area (Å²) in [6.45, 7) is 14.9. The maximum Gasteiger partial charge on any atom is 0.252 e. The molecule has 0 N–H and O–H groups in total. The molecule has 1 aromatic rings. The molecule has 0 radical (unpaired) electrons. The van der Waals surface area contributed by atoms with Crippen LogP contribution in [0.5, 0.6) is 0 Å². The number of halogens is 2. The first-order valence-electron chi connectivity index (χ1n) is 5.88. The van der Waals surface area contributed by atoms with Gasteiger partial charge in [0.25, 0.3) is 5.54 Å². The molecule has 0 atom stereocenters. The summed E-state index contributed by atoms with van der Waals surface area (Å²) in [5.74, 6) is 0. The summed E-state index contributed by atoms with van der Waals surface area (Å²) in [4.78, 5) is 3.68. The lowest BCUT2D eigenvalue weighted by Crippen LogP contribution is -2.18. The van der Waals surface area contributed by atoms with Gasteiger partial charge in [0.2, 0.25) is 0 Å². The van der Waals surface area contributed by atoms with Crippen LogP contribution in [0.3, 0.4) is 0 Å². The molecule has 19 heavy (non-hydrogen) atoms. The third-order valence-corrected chi connectivity index (χ3v) is 4.25. The zero-order valence-corrected chi connectivity index (χ0v) is 14.6. The van der Waals surface area contributed by atoms with Gasteiger partial charge < -0.3 is 4.85 Å². The van der Waals surface area contributed by atoms with Crippen LogP contribution in [-0.4, -0.2) is 0 Å². The van der Waals surface area contributed by atoms with Gasteiger partial charge in [-0.3, -0.25) is 0 Å². The highest BCUT2D eigenvalue weighted by atomic mass is 79.9. The van der Waals surface area contributed by atoms with Crippen molar-refractivity contribution < 1.29 is 0 Å². The quantitative estimate of drug-likeness (QED) is 0.505. The number of nitriles is 1. The highest BCUT2D eigenvalue weighted by molar-refractivity contribution is 9.24. The number of alkyl halides is 2. The maximum atomic E-state index is 9.29. The molecule has 0 heterocycles. The third kappa shape index (κ3) is 3.59. The van der Waals surface area contributed by atoms with Gasteiger partial charge in [0.05, 0.1) is 15.2 Å². The molecule has 1 rings (SSSR count). The Hall–Kier alpha value is -0.840. The van der Waals surface area contributed by atoms with Crippen LogP contribution in [0.25, 0.3) is 4.85 Å². The van der Waals surface area contributed by atoms with Crippen molar-refractivity contribution >= 4 is 31.9 Å². The SMILES string of the molecule is [C-]#[N+]C(C)(C)c1cc(C(Br)Br)cc(C(C)(C)C#N)c1. The Bertz CT molecular complexity index is 516. The zero-order chi connectivity index (χ0) is 14.8. The van der Waals surface area contributed by atoms with Gasteiger partial charge in [-0.15, -0.1) is 0 Å². The molecule has 0 saturated heterocycles. The summed E-state index contributed by atoms with van der Waals surface area (Å²) in [5.41, 5.74) is 1.72. The van der Waals surface area contributed by atoms with Crippen LogP contribution >= 0.6 is 31.9 Å². The standard InChI is InChI=1S/C15H16Br2N2/c1-14(2,9-18)11-6-10(13(16)17)7-12(8-11)15(3,4)19-5/h6-8,13H,1-4H3. The topological polar surface area (TPSA) is 28.1 Å². The van der Waals surface area contributed by atoms with Crippen molar-refractivity contribution in [3.05, 3.63) is 46.3 Å². The van der Waals surface area contributed by atoms with Crippen molar-refractivity contribution in [3.63, 3.8) is 0 Å².